The molecule has 0 aromatic heterocycles. The molecule has 0 aromatic carbocycles. The summed E-state index contributed by atoms with van der Waals surface area (Å²) in [6.45, 7) is 6.26. The Morgan fingerprint density at radius 3 is 2.80 bits per heavy atom. The molecule has 0 radical (unpaired) electrons. The number of nitrogens with zero attached hydrogens (tertiary/aromatic N) is 2. The number of hydrogen-bond acceptors (Lipinski definition) is 4. The van der Waals surface area contributed by atoms with Gasteiger partial charge in [-0.05, 0) is 13.5 Å². The third-order valence-electron chi connectivity index (χ3n) is 3.51. The van der Waals surface area contributed by atoms with Crippen molar-refractivity contribution in [3.8, 4) is 0 Å². The van der Waals surface area contributed by atoms with Crippen molar-refractivity contribution in [1.82, 2.24) is 9.80 Å². The minimum absolute atomic E-state index is 0.0138. The van der Waals surface area contributed by atoms with E-state index < -0.39 is 5.97 Å². The van der Waals surface area contributed by atoms with Gasteiger partial charge in [-0.2, -0.15) is 0 Å². The number of amides is 1. The number of carbonyl (C=O) groups excluding carboxylic acids is 1. The van der Waals surface area contributed by atoms with E-state index in [1.807, 2.05) is 11.8 Å². The average molecular weight is 286 g/mol. The van der Waals surface area contributed by atoms with Crippen molar-refractivity contribution in [3.63, 3.8) is 0 Å². The Hall–Kier alpha value is -1.14. The summed E-state index contributed by atoms with van der Waals surface area (Å²) in [6.07, 6.45) is 1.80. The lowest BCUT2D eigenvalue weighted by molar-refractivity contribution is -0.145. The molecule has 1 N–H and O–H groups in total. The number of carboxylic acids is 1. The molecule has 0 saturated carbocycles. The lowest BCUT2D eigenvalue weighted by Gasteiger charge is -2.35. The van der Waals surface area contributed by atoms with Crippen molar-refractivity contribution in [2.45, 2.75) is 32.8 Å². The van der Waals surface area contributed by atoms with E-state index in [0.29, 0.717) is 26.2 Å². The van der Waals surface area contributed by atoms with Crippen molar-refractivity contribution in [2.24, 2.45) is 5.92 Å². The molecule has 1 fully saturated rings. The first-order valence-corrected chi connectivity index (χ1v) is 7.24. The van der Waals surface area contributed by atoms with Gasteiger partial charge in [0.15, 0.2) is 0 Å². The van der Waals surface area contributed by atoms with Gasteiger partial charge < -0.3 is 14.7 Å². The van der Waals surface area contributed by atoms with E-state index in [2.05, 4.69) is 6.92 Å². The largest absolute Gasteiger partial charge is 0.480 e. The van der Waals surface area contributed by atoms with Crippen LogP contribution in [0.3, 0.4) is 0 Å². The quantitative estimate of drug-likeness (QED) is 0.745. The zero-order chi connectivity index (χ0) is 15.1. The van der Waals surface area contributed by atoms with Crippen LogP contribution in [0.15, 0.2) is 0 Å². The maximum Gasteiger partial charge on any atom is 0.317 e. The summed E-state index contributed by atoms with van der Waals surface area (Å²) >= 11 is 0. The zero-order valence-corrected chi connectivity index (χ0v) is 12.7. The van der Waals surface area contributed by atoms with Crippen LogP contribution in [0.4, 0.5) is 0 Å². The topological polar surface area (TPSA) is 70.1 Å². The van der Waals surface area contributed by atoms with Crippen LogP contribution in [0.25, 0.3) is 0 Å². The molecule has 0 spiro atoms. The van der Waals surface area contributed by atoms with Crippen molar-refractivity contribution in [2.75, 3.05) is 39.8 Å². The van der Waals surface area contributed by atoms with Crippen LogP contribution in [0.5, 0.6) is 0 Å². The van der Waals surface area contributed by atoms with Crippen LogP contribution < -0.4 is 0 Å². The fourth-order valence-corrected chi connectivity index (χ4v) is 2.54. The number of carbonyl (C=O) groups is 2. The summed E-state index contributed by atoms with van der Waals surface area (Å²) in [7, 11) is 1.75. The third-order valence-corrected chi connectivity index (χ3v) is 3.51. The molecule has 6 heteroatoms. The predicted molar refractivity (Wildman–Crippen MR) is 75.5 cm³/mol. The summed E-state index contributed by atoms with van der Waals surface area (Å²) in [5.74, 6) is -0.621. The van der Waals surface area contributed by atoms with E-state index in [0.717, 1.165) is 12.8 Å². The monoisotopic (exact) mass is 286 g/mol. The highest BCUT2D eigenvalue weighted by atomic mass is 16.5. The van der Waals surface area contributed by atoms with Crippen molar-refractivity contribution >= 4 is 11.9 Å². The van der Waals surface area contributed by atoms with Crippen LogP contribution in [0.2, 0.25) is 0 Å². The molecule has 2 atom stereocenters. The highest BCUT2D eigenvalue weighted by Gasteiger charge is 2.27. The van der Waals surface area contributed by atoms with Crippen LogP contribution in [0.1, 0.15) is 26.7 Å². The molecule has 0 bridgehead atoms. The molecule has 20 heavy (non-hydrogen) atoms. The first kappa shape index (κ1) is 16.9. The lowest BCUT2D eigenvalue weighted by Crippen LogP contribution is -2.50. The summed E-state index contributed by atoms with van der Waals surface area (Å²) in [4.78, 5) is 26.5. The fourth-order valence-electron chi connectivity index (χ4n) is 2.54. The Morgan fingerprint density at radius 2 is 2.20 bits per heavy atom. The fraction of sp³-hybridized carbons (Fsp3) is 0.857. The van der Waals surface area contributed by atoms with Crippen molar-refractivity contribution < 1.29 is 19.4 Å². The molecule has 1 aliphatic rings. The molecule has 6 nitrogen and oxygen atoms in total. The molecule has 1 rings (SSSR count). The van der Waals surface area contributed by atoms with Crippen LogP contribution in [0, 0.1) is 5.92 Å². The number of carboxylic acid groups (broad SMARTS) is 1. The molecule has 116 valence electrons. The summed E-state index contributed by atoms with van der Waals surface area (Å²) in [6, 6.07) is 0. The van der Waals surface area contributed by atoms with E-state index in [4.69, 9.17) is 9.84 Å². The number of rotatable bonds is 7. The van der Waals surface area contributed by atoms with Gasteiger partial charge in [0.05, 0.1) is 19.3 Å². The maximum atomic E-state index is 12.3. The summed E-state index contributed by atoms with van der Waals surface area (Å²) in [5, 5.41) is 8.74. The van der Waals surface area contributed by atoms with Gasteiger partial charge in [0.2, 0.25) is 5.91 Å². The molecule has 2 unspecified atom stereocenters. The molecule has 0 aromatic rings. The summed E-state index contributed by atoms with van der Waals surface area (Å²) in [5.41, 5.74) is 0. The van der Waals surface area contributed by atoms with E-state index >= 15 is 0 Å². The van der Waals surface area contributed by atoms with Gasteiger partial charge in [0, 0.05) is 25.6 Å². The third kappa shape index (κ3) is 5.46. The van der Waals surface area contributed by atoms with E-state index in [-0.39, 0.29) is 24.5 Å². The minimum atomic E-state index is -0.854. The Labute approximate surface area is 120 Å². The molecule has 1 amide bonds. The van der Waals surface area contributed by atoms with Crippen LogP contribution in [-0.4, -0.2) is 72.7 Å². The maximum absolute atomic E-state index is 12.3. The number of hydrogen-bond donors (Lipinski definition) is 1. The zero-order valence-electron chi connectivity index (χ0n) is 12.7. The normalized spacial score (nSPS) is 21.0. The molecular formula is C14H26N2O4. The minimum Gasteiger partial charge on any atom is -0.480 e. The Bertz CT molecular complexity index is 335. The first-order chi connectivity index (χ1) is 9.43. The Balaban J connectivity index is 2.45. The SMILES string of the molecule is CCCC(C)C(=O)N1CCOC(CN(C)CC(=O)O)C1. The first-order valence-electron chi connectivity index (χ1n) is 7.24. The standard InChI is InChI=1S/C14H26N2O4/c1-4-5-11(2)14(19)16-6-7-20-12(9-16)8-15(3)10-13(17)18/h11-12H,4-10H2,1-3H3,(H,17,18). The van der Waals surface area contributed by atoms with Crippen LogP contribution in [-0.2, 0) is 14.3 Å². The molecular weight excluding hydrogens is 260 g/mol. The van der Waals surface area contributed by atoms with Crippen molar-refractivity contribution in [3.05, 3.63) is 0 Å². The highest BCUT2D eigenvalue weighted by molar-refractivity contribution is 5.78. The summed E-state index contributed by atoms with van der Waals surface area (Å²) < 4.78 is 5.62. The number of aliphatic carboxylic acids is 1. The average Bonchev–Trinajstić information content (AvgIpc) is 2.37. The molecule has 1 aliphatic heterocycles. The highest BCUT2D eigenvalue weighted by Crippen LogP contribution is 2.14. The van der Waals surface area contributed by atoms with E-state index in [1.165, 1.54) is 0 Å². The van der Waals surface area contributed by atoms with E-state index in [9.17, 15) is 9.59 Å². The molecule has 1 heterocycles. The van der Waals surface area contributed by atoms with Gasteiger partial charge in [-0.15, -0.1) is 0 Å². The Kier molecular flexibility index (Phi) is 6.95. The number of likely N-dealkylation sites (N-methyl/N-ethyl adjacent to an activating group) is 1. The van der Waals surface area contributed by atoms with Gasteiger partial charge >= 0.3 is 5.97 Å². The lowest BCUT2D eigenvalue weighted by atomic mass is 10.0. The van der Waals surface area contributed by atoms with Crippen molar-refractivity contribution in [1.29, 1.82) is 0 Å². The number of ether oxygens (including phenoxy) is 1. The van der Waals surface area contributed by atoms with Gasteiger partial charge in [-0.1, -0.05) is 20.3 Å². The molecule has 0 aliphatic carbocycles. The van der Waals surface area contributed by atoms with E-state index in [1.54, 1.807) is 11.9 Å². The predicted octanol–water partition coefficient (Wildman–Crippen LogP) is 0.666. The van der Waals surface area contributed by atoms with Gasteiger partial charge in [-0.3, -0.25) is 14.5 Å². The second kappa shape index (κ2) is 8.21. The second-order valence-corrected chi connectivity index (χ2v) is 5.56. The molecule has 1 saturated heterocycles. The van der Waals surface area contributed by atoms with Gasteiger partial charge in [-0.25, -0.2) is 0 Å². The van der Waals surface area contributed by atoms with Gasteiger partial charge in [0.1, 0.15) is 0 Å². The number of morpholine rings is 1. The van der Waals surface area contributed by atoms with Gasteiger partial charge in [0.25, 0.3) is 0 Å². The van der Waals surface area contributed by atoms with Crippen LogP contribution >= 0.6 is 0 Å². The smallest absolute Gasteiger partial charge is 0.317 e. The Morgan fingerprint density at radius 1 is 1.50 bits per heavy atom. The second-order valence-electron chi connectivity index (χ2n) is 5.56.